The molecular formula is C25H21Cl2N5O2S. The molecule has 3 aromatic carbocycles. The van der Waals surface area contributed by atoms with E-state index in [2.05, 4.69) is 27.4 Å². The summed E-state index contributed by atoms with van der Waals surface area (Å²) in [5, 5.41) is 17.5. The lowest BCUT2D eigenvalue weighted by Gasteiger charge is -2.10. The molecule has 0 radical (unpaired) electrons. The smallest absolute Gasteiger partial charge is 0.251 e. The highest BCUT2D eigenvalue weighted by Crippen LogP contribution is 2.23. The number of carbonyl (C=O) groups excluding carboxylic acids is 2. The minimum absolute atomic E-state index is 0.143. The van der Waals surface area contributed by atoms with Gasteiger partial charge >= 0.3 is 0 Å². The van der Waals surface area contributed by atoms with Gasteiger partial charge in [0.2, 0.25) is 5.91 Å². The Morgan fingerprint density at radius 3 is 2.57 bits per heavy atom. The second-order valence-electron chi connectivity index (χ2n) is 7.51. The van der Waals surface area contributed by atoms with Gasteiger partial charge in [-0.25, -0.2) is 0 Å². The molecule has 0 atom stereocenters. The largest absolute Gasteiger partial charge is 0.345 e. The molecule has 4 aromatic rings. The van der Waals surface area contributed by atoms with Gasteiger partial charge in [-0.2, -0.15) is 0 Å². The van der Waals surface area contributed by atoms with Crippen LogP contribution >= 0.6 is 35.0 Å². The summed E-state index contributed by atoms with van der Waals surface area (Å²) in [7, 11) is 0. The molecule has 10 heteroatoms. The minimum atomic E-state index is -0.319. The molecule has 0 aliphatic heterocycles. The molecule has 0 saturated carbocycles. The van der Waals surface area contributed by atoms with Crippen molar-refractivity contribution in [2.45, 2.75) is 18.2 Å². The number of benzene rings is 3. The van der Waals surface area contributed by atoms with Crippen LogP contribution in [0.15, 0.2) is 78.5 Å². The van der Waals surface area contributed by atoms with E-state index in [9.17, 15) is 9.59 Å². The third-order valence-corrected chi connectivity index (χ3v) is 6.77. The number of aromatic nitrogens is 3. The van der Waals surface area contributed by atoms with Crippen LogP contribution < -0.4 is 10.6 Å². The van der Waals surface area contributed by atoms with E-state index in [1.807, 2.05) is 42.5 Å². The quantitative estimate of drug-likeness (QED) is 0.220. The molecule has 0 bridgehead atoms. The van der Waals surface area contributed by atoms with E-state index in [1.54, 1.807) is 22.8 Å². The van der Waals surface area contributed by atoms with Gasteiger partial charge in [0.15, 0.2) is 11.0 Å². The zero-order chi connectivity index (χ0) is 24.8. The Morgan fingerprint density at radius 1 is 1.00 bits per heavy atom. The standard InChI is InChI=1S/C25H21Cl2N5O2S/c1-2-11-32-22(14-28-24(34)18-8-10-20(26)21(27)13-18)30-31-25(32)35-15-23(33)29-19-9-7-16-5-3-4-6-17(16)12-19/h2-10,12-13H,1,11,14-15H2,(H,28,34)(H,29,33). The summed E-state index contributed by atoms with van der Waals surface area (Å²) in [6, 6.07) is 18.4. The maximum absolute atomic E-state index is 12.5. The normalized spacial score (nSPS) is 10.8. The molecule has 0 aliphatic carbocycles. The van der Waals surface area contributed by atoms with Crippen LogP contribution in [-0.2, 0) is 17.9 Å². The van der Waals surface area contributed by atoms with Crippen LogP contribution in [0.4, 0.5) is 5.69 Å². The van der Waals surface area contributed by atoms with Crippen LogP contribution in [0.5, 0.6) is 0 Å². The minimum Gasteiger partial charge on any atom is -0.345 e. The number of hydrogen-bond donors (Lipinski definition) is 2. The average molecular weight is 526 g/mol. The fourth-order valence-corrected chi connectivity index (χ4v) is 4.43. The summed E-state index contributed by atoms with van der Waals surface area (Å²) in [5.74, 6) is 0.210. The number of carbonyl (C=O) groups is 2. The third kappa shape index (κ3) is 6.22. The van der Waals surface area contributed by atoms with Gasteiger partial charge in [0.1, 0.15) is 0 Å². The zero-order valence-corrected chi connectivity index (χ0v) is 20.8. The molecule has 0 aliphatic rings. The molecule has 2 amide bonds. The van der Waals surface area contributed by atoms with Crippen molar-refractivity contribution in [1.29, 1.82) is 0 Å². The SMILES string of the molecule is C=CCn1c(CNC(=O)c2ccc(Cl)c(Cl)c2)nnc1SCC(=O)Nc1ccc2ccccc2c1. The van der Waals surface area contributed by atoms with E-state index in [4.69, 9.17) is 23.2 Å². The highest BCUT2D eigenvalue weighted by atomic mass is 35.5. The number of nitrogens with one attached hydrogen (secondary N) is 2. The van der Waals surface area contributed by atoms with Gasteiger partial charge in [-0.15, -0.1) is 16.8 Å². The first-order chi connectivity index (χ1) is 16.9. The number of rotatable bonds is 9. The Kier molecular flexibility index (Phi) is 8.07. The molecular weight excluding hydrogens is 505 g/mol. The summed E-state index contributed by atoms with van der Waals surface area (Å²) in [6.45, 7) is 4.35. The molecule has 1 heterocycles. The van der Waals surface area contributed by atoms with Gasteiger partial charge in [0, 0.05) is 17.8 Å². The Morgan fingerprint density at radius 2 is 1.80 bits per heavy atom. The highest BCUT2D eigenvalue weighted by molar-refractivity contribution is 7.99. The number of amides is 2. The maximum Gasteiger partial charge on any atom is 0.251 e. The summed E-state index contributed by atoms with van der Waals surface area (Å²) >= 11 is 13.2. The van der Waals surface area contributed by atoms with E-state index in [0.717, 1.165) is 16.5 Å². The van der Waals surface area contributed by atoms with Crippen LogP contribution in [0.1, 0.15) is 16.2 Å². The van der Waals surface area contributed by atoms with E-state index in [-0.39, 0.29) is 24.1 Å². The number of halogens is 2. The van der Waals surface area contributed by atoms with Crippen molar-refractivity contribution < 1.29 is 9.59 Å². The van der Waals surface area contributed by atoms with Crippen molar-refractivity contribution in [3.63, 3.8) is 0 Å². The summed E-state index contributed by atoms with van der Waals surface area (Å²) in [6.07, 6.45) is 1.70. The molecule has 1 aromatic heterocycles. The molecule has 0 saturated heterocycles. The van der Waals surface area contributed by atoms with Crippen LogP contribution in [-0.4, -0.2) is 32.3 Å². The predicted molar refractivity (Wildman–Crippen MR) is 141 cm³/mol. The van der Waals surface area contributed by atoms with Gasteiger partial charge in [-0.1, -0.05) is 71.4 Å². The summed E-state index contributed by atoms with van der Waals surface area (Å²) < 4.78 is 1.80. The van der Waals surface area contributed by atoms with Gasteiger partial charge < -0.3 is 15.2 Å². The van der Waals surface area contributed by atoms with Gasteiger partial charge in [-0.05, 0) is 41.1 Å². The Bertz CT molecular complexity index is 1410. The van der Waals surface area contributed by atoms with Crippen LogP contribution in [0.25, 0.3) is 10.8 Å². The van der Waals surface area contributed by atoms with Crippen molar-refractivity contribution >= 4 is 63.2 Å². The number of allylic oxidation sites excluding steroid dienone is 1. The van der Waals surface area contributed by atoms with Crippen molar-refractivity contribution in [1.82, 2.24) is 20.1 Å². The van der Waals surface area contributed by atoms with Gasteiger partial charge in [0.05, 0.1) is 22.3 Å². The average Bonchev–Trinajstić information content (AvgIpc) is 3.24. The van der Waals surface area contributed by atoms with Crippen molar-refractivity contribution in [2.24, 2.45) is 0 Å². The van der Waals surface area contributed by atoms with Gasteiger partial charge in [0.25, 0.3) is 5.91 Å². The maximum atomic E-state index is 12.5. The lowest BCUT2D eigenvalue weighted by molar-refractivity contribution is -0.113. The van der Waals surface area contributed by atoms with E-state index < -0.39 is 0 Å². The fraction of sp³-hybridized carbons (Fsp3) is 0.120. The Balaban J connectivity index is 1.37. The highest BCUT2D eigenvalue weighted by Gasteiger charge is 2.15. The molecule has 178 valence electrons. The number of anilines is 1. The third-order valence-electron chi connectivity index (χ3n) is 5.06. The molecule has 0 fully saturated rings. The topological polar surface area (TPSA) is 88.9 Å². The van der Waals surface area contributed by atoms with Crippen LogP contribution in [0.3, 0.4) is 0 Å². The predicted octanol–water partition coefficient (Wildman–Crippen LogP) is 5.58. The van der Waals surface area contributed by atoms with E-state index in [1.165, 1.54) is 17.8 Å². The number of hydrogen-bond acceptors (Lipinski definition) is 5. The molecule has 0 unspecified atom stereocenters. The second kappa shape index (κ2) is 11.4. The molecule has 7 nitrogen and oxygen atoms in total. The summed E-state index contributed by atoms with van der Waals surface area (Å²) in [4.78, 5) is 25.0. The van der Waals surface area contributed by atoms with E-state index in [0.29, 0.717) is 33.1 Å². The summed E-state index contributed by atoms with van der Waals surface area (Å²) in [5.41, 5.74) is 1.11. The fourth-order valence-electron chi connectivity index (χ4n) is 3.36. The second-order valence-corrected chi connectivity index (χ2v) is 9.27. The van der Waals surface area contributed by atoms with E-state index >= 15 is 0 Å². The Hall–Kier alpha value is -3.33. The number of fused-ring (bicyclic) bond motifs is 1. The Labute approximate surface area is 216 Å². The van der Waals surface area contributed by atoms with Crippen molar-refractivity contribution in [3.05, 3.63) is 94.8 Å². The lowest BCUT2D eigenvalue weighted by Crippen LogP contribution is -2.25. The van der Waals surface area contributed by atoms with Crippen LogP contribution in [0.2, 0.25) is 10.0 Å². The van der Waals surface area contributed by atoms with Crippen LogP contribution in [0, 0.1) is 0 Å². The molecule has 2 N–H and O–H groups in total. The zero-order valence-electron chi connectivity index (χ0n) is 18.5. The monoisotopic (exact) mass is 525 g/mol. The molecule has 4 rings (SSSR count). The number of nitrogens with zero attached hydrogens (tertiary/aromatic N) is 3. The first kappa shape index (κ1) is 24.8. The lowest BCUT2D eigenvalue weighted by atomic mass is 10.1. The van der Waals surface area contributed by atoms with Crippen molar-refractivity contribution in [2.75, 3.05) is 11.1 Å². The molecule has 0 spiro atoms. The van der Waals surface area contributed by atoms with Gasteiger partial charge in [-0.3, -0.25) is 9.59 Å². The molecule has 35 heavy (non-hydrogen) atoms. The number of thioether (sulfide) groups is 1. The first-order valence-electron chi connectivity index (χ1n) is 10.6. The van der Waals surface area contributed by atoms with Crippen molar-refractivity contribution in [3.8, 4) is 0 Å². The first-order valence-corrected chi connectivity index (χ1v) is 12.4.